The van der Waals surface area contributed by atoms with Gasteiger partial charge in [-0.05, 0) is 61.6 Å². The lowest BCUT2D eigenvalue weighted by atomic mass is 9.99. The zero-order valence-electron chi connectivity index (χ0n) is 15.9. The molecule has 0 spiro atoms. The van der Waals surface area contributed by atoms with Crippen LogP contribution in [0.3, 0.4) is 0 Å². The Labute approximate surface area is 172 Å². The third-order valence-corrected chi connectivity index (χ3v) is 5.61. The Bertz CT molecular complexity index is 770. The molecule has 1 aliphatic rings. The van der Waals surface area contributed by atoms with Crippen LogP contribution in [0.25, 0.3) is 0 Å². The van der Waals surface area contributed by atoms with Gasteiger partial charge in [0, 0.05) is 23.7 Å². The average molecular weight is 404 g/mol. The number of thiocarbonyl (C=S) groups is 1. The van der Waals surface area contributed by atoms with Gasteiger partial charge in [-0.3, -0.25) is 0 Å². The van der Waals surface area contributed by atoms with E-state index >= 15 is 0 Å². The monoisotopic (exact) mass is 403 g/mol. The number of benzene rings is 2. The molecule has 0 unspecified atom stereocenters. The lowest BCUT2D eigenvalue weighted by Gasteiger charge is -2.32. The van der Waals surface area contributed by atoms with Crippen LogP contribution < -0.4 is 9.47 Å². The Morgan fingerprint density at radius 2 is 1.78 bits per heavy atom. The highest BCUT2D eigenvalue weighted by Gasteiger charge is 2.20. The van der Waals surface area contributed by atoms with Crippen molar-refractivity contribution in [3.63, 3.8) is 0 Å². The number of halogens is 1. The number of nitrogens with zero attached hydrogens (tertiary/aromatic N) is 1. The molecular formula is C22H26ClNO2S. The lowest BCUT2D eigenvalue weighted by molar-refractivity contribution is 0.269. The zero-order chi connectivity index (χ0) is 19.2. The van der Waals surface area contributed by atoms with Crippen LogP contribution in [0.5, 0.6) is 11.5 Å². The second-order valence-electron chi connectivity index (χ2n) is 6.98. The third kappa shape index (κ3) is 5.36. The van der Waals surface area contributed by atoms with E-state index < -0.39 is 0 Å². The molecule has 0 bridgehead atoms. The second-order valence-corrected chi connectivity index (χ2v) is 7.81. The minimum atomic E-state index is 0.463. The van der Waals surface area contributed by atoms with Gasteiger partial charge < -0.3 is 14.4 Å². The fraction of sp³-hybridized carbons (Fsp3) is 0.409. The third-order valence-electron chi connectivity index (χ3n) is 4.87. The highest BCUT2D eigenvalue weighted by atomic mass is 35.5. The average Bonchev–Trinajstić information content (AvgIpc) is 2.68. The Morgan fingerprint density at radius 1 is 1.07 bits per heavy atom. The van der Waals surface area contributed by atoms with E-state index in [4.69, 9.17) is 33.3 Å². The quantitative estimate of drug-likeness (QED) is 0.574. The molecule has 0 saturated carbocycles. The van der Waals surface area contributed by atoms with Crippen LogP contribution in [0.1, 0.15) is 37.8 Å². The molecule has 1 heterocycles. The summed E-state index contributed by atoms with van der Waals surface area (Å²) in [6.45, 7) is 7.37. The van der Waals surface area contributed by atoms with Crippen molar-refractivity contribution in [3.8, 4) is 11.5 Å². The normalized spacial score (nSPS) is 14.9. The molecule has 3 nitrogen and oxygen atoms in total. The topological polar surface area (TPSA) is 21.7 Å². The fourth-order valence-corrected chi connectivity index (χ4v) is 3.60. The molecule has 2 aromatic carbocycles. The van der Waals surface area contributed by atoms with Crippen molar-refractivity contribution in [2.24, 2.45) is 5.92 Å². The molecular weight excluding hydrogens is 378 g/mol. The van der Waals surface area contributed by atoms with Crippen molar-refractivity contribution in [3.05, 3.63) is 58.6 Å². The van der Waals surface area contributed by atoms with Gasteiger partial charge in [0.25, 0.3) is 0 Å². The SMILES string of the molecule is CCOc1cc(C(=S)N2CCC(C)CC2)ccc1OCc1ccc(Cl)cc1. The van der Waals surface area contributed by atoms with E-state index in [0.29, 0.717) is 13.2 Å². The largest absolute Gasteiger partial charge is 0.490 e. The number of piperidine rings is 1. The van der Waals surface area contributed by atoms with E-state index in [0.717, 1.165) is 51.6 Å². The van der Waals surface area contributed by atoms with Crippen LogP contribution in [-0.2, 0) is 6.61 Å². The molecule has 0 aromatic heterocycles. The first-order valence-electron chi connectivity index (χ1n) is 9.50. The minimum absolute atomic E-state index is 0.463. The number of ether oxygens (including phenoxy) is 2. The maximum absolute atomic E-state index is 5.98. The summed E-state index contributed by atoms with van der Waals surface area (Å²) in [5.74, 6) is 2.24. The van der Waals surface area contributed by atoms with Crippen LogP contribution >= 0.6 is 23.8 Å². The second kappa shape index (κ2) is 9.43. The van der Waals surface area contributed by atoms with E-state index in [1.807, 2.05) is 49.4 Å². The molecule has 2 aromatic rings. The van der Waals surface area contributed by atoms with E-state index in [-0.39, 0.29) is 0 Å². The van der Waals surface area contributed by atoms with Crippen molar-refractivity contribution < 1.29 is 9.47 Å². The molecule has 0 amide bonds. The minimum Gasteiger partial charge on any atom is -0.490 e. The van der Waals surface area contributed by atoms with Gasteiger partial charge in [0.1, 0.15) is 11.6 Å². The van der Waals surface area contributed by atoms with E-state index in [1.54, 1.807) is 0 Å². The maximum Gasteiger partial charge on any atom is 0.161 e. The number of likely N-dealkylation sites (tertiary alicyclic amines) is 1. The van der Waals surface area contributed by atoms with Gasteiger partial charge in [-0.1, -0.05) is 42.9 Å². The predicted molar refractivity (Wildman–Crippen MR) is 115 cm³/mol. The van der Waals surface area contributed by atoms with Gasteiger partial charge in [0.05, 0.1) is 6.61 Å². The summed E-state index contributed by atoms with van der Waals surface area (Å²) in [5, 5.41) is 0.721. The molecule has 1 saturated heterocycles. The Balaban J connectivity index is 1.71. The van der Waals surface area contributed by atoms with E-state index in [1.165, 1.54) is 12.8 Å². The molecule has 144 valence electrons. The zero-order valence-corrected chi connectivity index (χ0v) is 17.5. The van der Waals surface area contributed by atoms with Crippen LogP contribution in [0.2, 0.25) is 5.02 Å². The molecule has 0 radical (unpaired) electrons. The number of hydrogen-bond donors (Lipinski definition) is 0. The predicted octanol–water partition coefficient (Wildman–Crippen LogP) is 5.73. The molecule has 0 aliphatic carbocycles. The highest BCUT2D eigenvalue weighted by Crippen LogP contribution is 2.31. The fourth-order valence-electron chi connectivity index (χ4n) is 3.16. The first-order valence-corrected chi connectivity index (χ1v) is 10.3. The Kier molecular flexibility index (Phi) is 6.97. The van der Waals surface area contributed by atoms with Crippen LogP contribution in [0.15, 0.2) is 42.5 Å². The van der Waals surface area contributed by atoms with Crippen molar-refractivity contribution in [1.29, 1.82) is 0 Å². The highest BCUT2D eigenvalue weighted by molar-refractivity contribution is 7.80. The standard InChI is InChI=1S/C22H26ClNO2S/c1-3-25-21-14-18(22(27)24-12-10-16(2)11-13-24)6-9-20(21)26-15-17-4-7-19(23)8-5-17/h4-9,14,16H,3,10-13,15H2,1-2H3. The summed E-state index contributed by atoms with van der Waals surface area (Å²) in [7, 11) is 0. The van der Waals surface area contributed by atoms with Gasteiger partial charge in [-0.15, -0.1) is 0 Å². The Hall–Kier alpha value is -1.78. The lowest BCUT2D eigenvalue weighted by Crippen LogP contribution is -2.37. The molecule has 1 fully saturated rings. The summed E-state index contributed by atoms with van der Waals surface area (Å²) in [6, 6.07) is 13.6. The number of hydrogen-bond acceptors (Lipinski definition) is 3. The molecule has 3 rings (SSSR count). The first-order chi connectivity index (χ1) is 13.1. The molecule has 5 heteroatoms. The molecule has 1 aliphatic heterocycles. The number of rotatable bonds is 6. The summed E-state index contributed by atoms with van der Waals surface area (Å²) in [4.78, 5) is 3.20. The van der Waals surface area contributed by atoms with E-state index in [2.05, 4.69) is 11.8 Å². The summed E-state index contributed by atoms with van der Waals surface area (Å²) >= 11 is 11.7. The smallest absolute Gasteiger partial charge is 0.161 e. The van der Waals surface area contributed by atoms with Crippen molar-refractivity contribution in [1.82, 2.24) is 4.90 Å². The van der Waals surface area contributed by atoms with Gasteiger partial charge in [0.2, 0.25) is 0 Å². The molecule has 0 N–H and O–H groups in total. The van der Waals surface area contributed by atoms with E-state index in [9.17, 15) is 0 Å². The van der Waals surface area contributed by atoms with Crippen LogP contribution in [0.4, 0.5) is 0 Å². The van der Waals surface area contributed by atoms with Crippen LogP contribution in [-0.4, -0.2) is 29.6 Å². The van der Waals surface area contributed by atoms with Crippen molar-refractivity contribution in [2.75, 3.05) is 19.7 Å². The molecule has 27 heavy (non-hydrogen) atoms. The van der Waals surface area contributed by atoms with Crippen molar-refractivity contribution in [2.45, 2.75) is 33.3 Å². The van der Waals surface area contributed by atoms with Gasteiger partial charge >= 0.3 is 0 Å². The summed E-state index contributed by atoms with van der Waals surface area (Å²) in [6.07, 6.45) is 2.39. The summed E-state index contributed by atoms with van der Waals surface area (Å²) in [5.41, 5.74) is 2.07. The summed E-state index contributed by atoms with van der Waals surface area (Å²) < 4.78 is 11.8. The van der Waals surface area contributed by atoms with Crippen LogP contribution in [0, 0.1) is 5.92 Å². The first kappa shape index (κ1) is 20.0. The van der Waals surface area contributed by atoms with Gasteiger partial charge in [-0.2, -0.15) is 0 Å². The molecule has 0 atom stereocenters. The van der Waals surface area contributed by atoms with Crippen molar-refractivity contribution >= 4 is 28.8 Å². The Morgan fingerprint density at radius 3 is 2.44 bits per heavy atom. The van der Waals surface area contributed by atoms with Gasteiger partial charge in [0.15, 0.2) is 11.5 Å². The van der Waals surface area contributed by atoms with Gasteiger partial charge in [-0.25, -0.2) is 0 Å². The maximum atomic E-state index is 5.98.